The molecule has 3 rings (SSSR count). The molecule has 0 aromatic heterocycles. The first-order chi connectivity index (χ1) is 12.1. The number of nitrogens with zero attached hydrogens (tertiary/aromatic N) is 3. The van der Waals surface area contributed by atoms with E-state index in [1.165, 1.54) is 0 Å². The summed E-state index contributed by atoms with van der Waals surface area (Å²) in [5.41, 5.74) is 6.50. The molecule has 136 valence electrons. The Bertz CT molecular complexity index is 611. The van der Waals surface area contributed by atoms with E-state index in [4.69, 9.17) is 10.5 Å². The number of carbonyl (C=O) groups excluding carboxylic acids is 2. The van der Waals surface area contributed by atoms with Crippen LogP contribution in [0.25, 0.3) is 0 Å². The highest BCUT2D eigenvalue weighted by Gasteiger charge is 2.32. The van der Waals surface area contributed by atoms with Gasteiger partial charge in [-0.1, -0.05) is 0 Å². The molecule has 7 heteroatoms. The van der Waals surface area contributed by atoms with Gasteiger partial charge in [-0.2, -0.15) is 0 Å². The van der Waals surface area contributed by atoms with Crippen LogP contribution >= 0.6 is 0 Å². The molecular formula is C18H26N4O3. The van der Waals surface area contributed by atoms with Crippen LogP contribution in [0.5, 0.6) is 5.75 Å². The summed E-state index contributed by atoms with van der Waals surface area (Å²) in [7, 11) is 1.66. The Morgan fingerprint density at radius 3 is 2.32 bits per heavy atom. The summed E-state index contributed by atoms with van der Waals surface area (Å²) >= 11 is 0. The molecule has 2 fully saturated rings. The molecule has 0 radical (unpaired) electrons. The number of piperazine rings is 1. The number of benzene rings is 1. The fourth-order valence-electron chi connectivity index (χ4n) is 3.62. The maximum atomic E-state index is 12.8. The molecule has 0 spiro atoms. The number of methoxy groups -OCH3 is 1. The summed E-state index contributed by atoms with van der Waals surface area (Å²) in [6, 6.07) is 7.56. The fourth-order valence-corrected chi connectivity index (χ4v) is 3.62. The number of primary amides is 1. The van der Waals surface area contributed by atoms with E-state index in [-0.39, 0.29) is 11.8 Å². The second kappa shape index (κ2) is 7.63. The van der Waals surface area contributed by atoms with Gasteiger partial charge >= 0.3 is 6.03 Å². The Morgan fingerprint density at radius 1 is 1.04 bits per heavy atom. The molecule has 1 atom stereocenters. The summed E-state index contributed by atoms with van der Waals surface area (Å²) in [6.45, 7) is 4.14. The number of urea groups is 1. The summed E-state index contributed by atoms with van der Waals surface area (Å²) in [5, 5.41) is 0. The lowest BCUT2D eigenvalue weighted by Gasteiger charge is -2.39. The van der Waals surface area contributed by atoms with Gasteiger partial charge in [-0.25, -0.2) is 4.79 Å². The first-order valence-corrected chi connectivity index (χ1v) is 8.80. The third kappa shape index (κ3) is 3.97. The Balaban J connectivity index is 1.54. The van der Waals surface area contributed by atoms with Gasteiger partial charge in [0, 0.05) is 45.0 Å². The topological polar surface area (TPSA) is 79.1 Å². The molecule has 3 amide bonds. The minimum absolute atomic E-state index is 0.117. The normalized spacial score (nSPS) is 21.2. The van der Waals surface area contributed by atoms with Gasteiger partial charge in [0.1, 0.15) is 5.75 Å². The highest BCUT2D eigenvalue weighted by atomic mass is 16.5. The number of amides is 3. The molecule has 2 heterocycles. The van der Waals surface area contributed by atoms with E-state index >= 15 is 0 Å². The second-order valence-electron chi connectivity index (χ2n) is 6.63. The van der Waals surface area contributed by atoms with Gasteiger partial charge in [0.05, 0.1) is 13.0 Å². The van der Waals surface area contributed by atoms with Gasteiger partial charge < -0.3 is 25.2 Å². The molecule has 2 N–H and O–H groups in total. The number of nitrogens with two attached hydrogens (primary N) is 1. The van der Waals surface area contributed by atoms with Gasteiger partial charge in [-0.3, -0.25) is 4.79 Å². The Hall–Kier alpha value is -2.44. The zero-order chi connectivity index (χ0) is 17.8. The van der Waals surface area contributed by atoms with E-state index in [0.29, 0.717) is 26.2 Å². The average Bonchev–Trinajstić information content (AvgIpc) is 2.67. The van der Waals surface area contributed by atoms with Crippen molar-refractivity contribution in [2.24, 2.45) is 11.7 Å². The molecule has 1 aromatic rings. The van der Waals surface area contributed by atoms with E-state index in [0.717, 1.165) is 37.4 Å². The molecular weight excluding hydrogens is 320 g/mol. The average molecular weight is 346 g/mol. The van der Waals surface area contributed by atoms with E-state index in [2.05, 4.69) is 4.90 Å². The van der Waals surface area contributed by atoms with Crippen molar-refractivity contribution in [3.05, 3.63) is 24.3 Å². The van der Waals surface area contributed by atoms with Crippen molar-refractivity contribution in [3.63, 3.8) is 0 Å². The third-order valence-corrected chi connectivity index (χ3v) is 5.11. The highest BCUT2D eigenvalue weighted by Crippen LogP contribution is 2.23. The fraction of sp³-hybridized carbons (Fsp3) is 0.556. The minimum Gasteiger partial charge on any atom is -0.497 e. The van der Waals surface area contributed by atoms with Crippen LogP contribution < -0.4 is 15.4 Å². The first-order valence-electron chi connectivity index (χ1n) is 8.80. The molecule has 0 aliphatic carbocycles. The van der Waals surface area contributed by atoms with Crippen LogP contribution in [0.2, 0.25) is 0 Å². The van der Waals surface area contributed by atoms with Crippen molar-refractivity contribution >= 4 is 17.6 Å². The van der Waals surface area contributed by atoms with Crippen molar-refractivity contribution in [1.29, 1.82) is 0 Å². The van der Waals surface area contributed by atoms with E-state index in [1.807, 2.05) is 29.2 Å². The molecule has 0 unspecified atom stereocenters. The largest absolute Gasteiger partial charge is 0.497 e. The zero-order valence-electron chi connectivity index (χ0n) is 14.7. The van der Waals surface area contributed by atoms with Crippen molar-refractivity contribution in [1.82, 2.24) is 9.80 Å². The maximum absolute atomic E-state index is 12.8. The molecule has 7 nitrogen and oxygen atoms in total. The predicted molar refractivity (Wildman–Crippen MR) is 95.7 cm³/mol. The maximum Gasteiger partial charge on any atom is 0.314 e. The number of ether oxygens (including phenoxy) is 1. The van der Waals surface area contributed by atoms with Gasteiger partial charge in [-0.15, -0.1) is 0 Å². The second-order valence-corrected chi connectivity index (χ2v) is 6.63. The predicted octanol–water partition coefficient (Wildman–Crippen LogP) is 1.13. The van der Waals surface area contributed by atoms with Crippen molar-refractivity contribution in [2.75, 3.05) is 51.3 Å². The van der Waals surface area contributed by atoms with Gasteiger partial charge in [0.15, 0.2) is 0 Å². The smallest absolute Gasteiger partial charge is 0.314 e. The number of hydrogen-bond donors (Lipinski definition) is 1. The van der Waals surface area contributed by atoms with Crippen LogP contribution in [0.15, 0.2) is 24.3 Å². The van der Waals surface area contributed by atoms with Crippen LogP contribution in [0.1, 0.15) is 12.8 Å². The van der Waals surface area contributed by atoms with Crippen molar-refractivity contribution in [2.45, 2.75) is 12.8 Å². The summed E-state index contributed by atoms with van der Waals surface area (Å²) < 4.78 is 5.19. The number of rotatable bonds is 3. The molecule has 0 bridgehead atoms. The van der Waals surface area contributed by atoms with Crippen LogP contribution in [0.4, 0.5) is 10.5 Å². The monoisotopic (exact) mass is 346 g/mol. The SMILES string of the molecule is COc1ccc(N2CCN(C(=O)[C@H]3CCCN(C(N)=O)C3)CC2)cc1. The molecule has 2 saturated heterocycles. The third-order valence-electron chi connectivity index (χ3n) is 5.11. The number of piperidine rings is 1. The highest BCUT2D eigenvalue weighted by molar-refractivity contribution is 5.81. The van der Waals surface area contributed by atoms with Gasteiger partial charge in [0.2, 0.25) is 5.91 Å². The molecule has 0 saturated carbocycles. The van der Waals surface area contributed by atoms with Crippen LogP contribution in [0, 0.1) is 5.92 Å². The van der Waals surface area contributed by atoms with Crippen LogP contribution in [0.3, 0.4) is 0 Å². The lowest BCUT2D eigenvalue weighted by molar-refractivity contribution is -0.137. The lowest BCUT2D eigenvalue weighted by atomic mass is 9.96. The Labute approximate surface area is 148 Å². The first kappa shape index (κ1) is 17.4. The van der Waals surface area contributed by atoms with E-state index in [1.54, 1.807) is 12.0 Å². The molecule has 25 heavy (non-hydrogen) atoms. The summed E-state index contributed by atoms with van der Waals surface area (Å²) in [4.78, 5) is 29.9. The van der Waals surface area contributed by atoms with Crippen LogP contribution in [-0.4, -0.2) is 68.1 Å². The Kier molecular flexibility index (Phi) is 5.31. The minimum atomic E-state index is -0.429. The quantitative estimate of drug-likeness (QED) is 0.890. The lowest BCUT2D eigenvalue weighted by Crippen LogP contribution is -2.53. The van der Waals surface area contributed by atoms with Gasteiger partial charge in [-0.05, 0) is 37.1 Å². The van der Waals surface area contributed by atoms with Gasteiger partial charge in [0.25, 0.3) is 0 Å². The standard InChI is InChI=1S/C18H26N4O3/c1-25-16-6-4-15(5-7-16)20-9-11-21(12-10-20)17(23)14-3-2-8-22(13-14)18(19)24/h4-7,14H,2-3,8-13H2,1H3,(H2,19,24)/t14-/m0/s1. The number of anilines is 1. The molecule has 2 aliphatic rings. The van der Waals surface area contributed by atoms with Crippen molar-refractivity contribution < 1.29 is 14.3 Å². The summed E-state index contributed by atoms with van der Waals surface area (Å²) in [5.74, 6) is 0.878. The Morgan fingerprint density at radius 2 is 1.72 bits per heavy atom. The van der Waals surface area contributed by atoms with E-state index in [9.17, 15) is 9.59 Å². The number of hydrogen-bond acceptors (Lipinski definition) is 4. The number of carbonyl (C=O) groups is 2. The molecule has 1 aromatic carbocycles. The zero-order valence-corrected chi connectivity index (χ0v) is 14.7. The summed E-state index contributed by atoms with van der Waals surface area (Å²) in [6.07, 6.45) is 1.67. The molecule has 2 aliphatic heterocycles. The van der Waals surface area contributed by atoms with Crippen LogP contribution in [-0.2, 0) is 4.79 Å². The van der Waals surface area contributed by atoms with Crippen molar-refractivity contribution in [3.8, 4) is 5.75 Å². The number of likely N-dealkylation sites (tertiary alicyclic amines) is 1. The van der Waals surface area contributed by atoms with E-state index < -0.39 is 6.03 Å².